The van der Waals surface area contributed by atoms with Gasteiger partial charge in [0.2, 0.25) is 0 Å². The number of nitrogen functional groups attached to an aromatic ring is 1. The van der Waals surface area contributed by atoms with Gasteiger partial charge in [0.25, 0.3) is 5.91 Å². The van der Waals surface area contributed by atoms with Crippen molar-refractivity contribution in [2.45, 2.75) is 32.7 Å². The molecule has 0 unspecified atom stereocenters. The maximum absolute atomic E-state index is 12.0. The molecule has 0 heterocycles. The van der Waals surface area contributed by atoms with Crippen LogP contribution in [0.5, 0.6) is 0 Å². The third kappa shape index (κ3) is 3.22. The molecule has 1 saturated carbocycles. The molecule has 4 heteroatoms. The third-order valence-electron chi connectivity index (χ3n) is 4.01. The number of nitrogens with two attached hydrogens (primary N) is 1. The van der Waals surface area contributed by atoms with Crippen LogP contribution in [0.25, 0.3) is 0 Å². The molecule has 0 saturated heterocycles. The highest BCUT2D eigenvalue weighted by Gasteiger charge is 2.23. The average Bonchev–Trinajstić information content (AvgIpc) is 3.29. The lowest BCUT2D eigenvalue weighted by Gasteiger charge is -2.12. The van der Waals surface area contributed by atoms with Crippen LogP contribution in [0.1, 0.15) is 34.3 Å². The van der Waals surface area contributed by atoms with E-state index in [0.29, 0.717) is 17.3 Å². The van der Waals surface area contributed by atoms with Gasteiger partial charge >= 0.3 is 0 Å². The average molecular weight is 295 g/mol. The maximum atomic E-state index is 12.0. The van der Waals surface area contributed by atoms with Crippen LogP contribution in [0, 0.1) is 13.8 Å². The molecule has 0 spiro atoms. The van der Waals surface area contributed by atoms with Crippen molar-refractivity contribution in [3.8, 4) is 0 Å². The summed E-state index contributed by atoms with van der Waals surface area (Å²) in [5, 5.41) is 6.27. The Morgan fingerprint density at radius 1 is 1.09 bits per heavy atom. The first kappa shape index (κ1) is 14.4. The molecule has 4 N–H and O–H groups in total. The highest BCUT2D eigenvalue weighted by atomic mass is 16.1. The third-order valence-corrected chi connectivity index (χ3v) is 4.01. The summed E-state index contributed by atoms with van der Waals surface area (Å²) in [7, 11) is 0. The summed E-state index contributed by atoms with van der Waals surface area (Å²) in [5.41, 5.74) is 11.5. The second-order valence-electron chi connectivity index (χ2n) is 5.97. The van der Waals surface area contributed by atoms with Crippen molar-refractivity contribution < 1.29 is 4.79 Å². The first-order valence-corrected chi connectivity index (χ1v) is 7.57. The van der Waals surface area contributed by atoms with Gasteiger partial charge in [0.05, 0.1) is 11.4 Å². The molecule has 2 aromatic rings. The van der Waals surface area contributed by atoms with Gasteiger partial charge in [-0.3, -0.25) is 4.79 Å². The standard InChI is InChI=1S/C18H21N3O/c1-11-3-5-15(9-12(11)2)20-17-8-4-13(10-16(17)19)18(22)21-14-6-7-14/h3-5,8-10,14,20H,6-7,19H2,1-2H3,(H,21,22). The zero-order chi connectivity index (χ0) is 15.7. The van der Waals surface area contributed by atoms with Gasteiger partial charge in [-0.1, -0.05) is 6.07 Å². The number of nitrogens with one attached hydrogen (secondary N) is 2. The van der Waals surface area contributed by atoms with Crippen molar-refractivity contribution in [3.63, 3.8) is 0 Å². The summed E-state index contributed by atoms with van der Waals surface area (Å²) in [6.07, 6.45) is 2.15. The Morgan fingerprint density at radius 2 is 1.86 bits per heavy atom. The molecule has 0 atom stereocenters. The fraction of sp³-hybridized carbons (Fsp3) is 0.278. The Bertz CT molecular complexity index is 720. The molecule has 1 amide bonds. The molecule has 0 aliphatic heterocycles. The Balaban J connectivity index is 1.76. The Hall–Kier alpha value is -2.49. The molecular formula is C18H21N3O. The highest BCUT2D eigenvalue weighted by molar-refractivity contribution is 5.96. The van der Waals surface area contributed by atoms with Crippen molar-refractivity contribution >= 4 is 23.0 Å². The van der Waals surface area contributed by atoms with E-state index in [1.165, 1.54) is 11.1 Å². The van der Waals surface area contributed by atoms with E-state index >= 15 is 0 Å². The number of carbonyl (C=O) groups excluding carboxylic acids is 1. The van der Waals surface area contributed by atoms with Gasteiger partial charge in [0.15, 0.2) is 0 Å². The zero-order valence-corrected chi connectivity index (χ0v) is 12.9. The fourth-order valence-electron chi connectivity index (χ4n) is 2.29. The quantitative estimate of drug-likeness (QED) is 0.756. The molecule has 0 bridgehead atoms. The molecule has 4 nitrogen and oxygen atoms in total. The van der Waals surface area contributed by atoms with E-state index < -0.39 is 0 Å². The zero-order valence-electron chi connectivity index (χ0n) is 12.9. The first-order valence-electron chi connectivity index (χ1n) is 7.57. The van der Waals surface area contributed by atoms with Crippen LogP contribution in [-0.2, 0) is 0 Å². The fourth-order valence-corrected chi connectivity index (χ4v) is 2.29. The first-order chi connectivity index (χ1) is 10.5. The van der Waals surface area contributed by atoms with E-state index in [-0.39, 0.29) is 5.91 Å². The number of benzene rings is 2. The molecular weight excluding hydrogens is 274 g/mol. The van der Waals surface area contributed by atoms with Crippen LogP contribution >= 0.6 is 0 Å². The number of hydrogen-bond acceptors (Lipinski definition) is 3. The molecule has 22 heavy (non-hydrogen) atoms. The highest BCUT2D eigenvalue weighted by Crippen LogP contribution is 2.26. The summed E-state index contributed by atoms with van der Waals surface area (Å²) in [6.45, 7) is 4.16. The van der Waals surface area contributed by atoms with E-state index in [1.54, 1.807) is 12.1 Å². The monoisotopic (exact) mass is 295 g/mol. The molecule has 2 aromatic carbocycles. The summed E-state index contributed by atoms with van der Waals surface area (Å²) < 4.78 is 0. The Morgan fingerprint density at radius 3 is 2.50 bits per heavy atom. The molecule has 1 aliphatic rings. The molecule has 0 aromatic heterocycles. The lowest BCUT2D eigenvalue weighted by molar-refractivity contribution is 0.0951. The van der Waals surface area contributed by atoms with E-state index in [1.807, 2.05) is 12.1 Å². The molecule has 114 valence electrons. The van der Waals surface area contributed by atoms with Crippen LogP contribution in [0.3, 0.4) is 0 Å². The number of rotatable bonds is 4. The van der Waals surface area contributed by atoms with Gasteiger partial charge in [-0.15, -0.1) is 0 Å². The van der Waals surface area contributed by atoms with E-state index in [0.717, 1.165) is 24.2 Å². The minimum Gasteiger partial charge on any atom is -0.397 e. The second-order valence-corrected chi connectivity index (χ2v) is 5.97. The van der Waals surface area contributed by atoms with Gasteiger partial charge in [-0.2, -0.15) is 0 Å². The summed E-state index contributed by atoms with van der Waals surface area (Å²) >= 11 is 0. The number of anilines is 3. The number of amides is 1. The SMILES string of the molecule is Cc1ccc(Nc2ccc(C(=O)NC3CC3)cc2N)cc1C. The second kappa shape index (κ2) is 5.72. The topological polar surface area (TPSA) is 67.2 Å². The lowest BCUT2D eigenvalue weighted by atomic mass is 10.1. The summed E-state index contributed by atoms with van der Waals surface area (Å²) in [5.74, 6) is -0.0491. The van der Waals surface area contributed by atoms with Crippen molar-refractivity contribution in [2.75, 3.05) is 11.1 Å². The van der Waals surface area contributed by atoms with Gasteiger partial charge in [-0.25, -0.2) is 0 Å². The minimum atomic E-state index is -0.0491. The number of hydrogen-bond donors (Lipinski definition) is 3. The van der Waals surface area contributed by atoms with Crippen LogP contribution in [0.2, 0.25) is 0 Å². The largest absolute Gasteiger partial charge is 0.397 e. The summed E-state index contributed by atoms with van der Waals surface area (Å²) in [4.78, 5) is 12.0. The van der Waals surface area contributed by atoms with Crippen LogP contribution < -0.4 is 16.4 Å². The van der Waals surface area contributed by atoms with Gasteiger partial charge in [-0.05, 0) is 68.1 Å². The van der Waals surface area contributed by atoms with Crippen LogP contribution in [0.4, 0.5) is 17.1 Å². The van der Waals surface area contributed by atoms with Gasteiger partial charge < -0.3 is 16.4 Å². The van der Waals surface area contributed by atoms with Crippen molar-refractivity contribution in [1.29, 1.82) is 0 Å². The Labute approximate surface area is 130 Å². The molecule has 1 fully saturated rings. The Kier molecular flexibility index (Phi) is 3.75. The molecule has 0 radical (unpaired) electrons. The van der Waals surface area contributed by atoms with Crippen molar-refractivity contribution in [1.82, 2.24) is 5.32 Å². The van der Waals surface area contributed by atoms with Crippen LogP contribution in [-0.4, -0.2) is 11.9 Å². The van der Waals surface area contributed by atoms with E-state index in [9.17, 15) is 4.79 Å². The van der Waals surface area contributed by atoms with Crippen molar-refractivity contribution in [3.05, 3.63) is 53.1 Å². The normalized spacial score (nSPS) is 13.7. The van der Waals surface area contributed by atoms with Gasteiger partial charge in [0, 0.05) is 17.3 Å². The number of aryl methyl sites for hydroxylation is 2. The summed E-state index contributed by atoms with van der Waals surface area (Å²) in [6, 6.07) is 11.9. The van der Waals surface area contributed by atoms with Gasteiger partial charge in [0.1, 0.15) is 0 Å². The molecule has 1 aliphatic carbocycles. The smallest absolute Gasteiger partial charge is 0.251 e. The predicted molar refractivity (Wildman–Crippen MR) is 90.5 cm³/mol. The van der Waals surface area contributed by atoms with E-state index in [2.05, 4.69) is 36.6 Å². The van der Waals surface area contributed by atoms with Crippen LogP contribution in [0.15, 0.2) is 36.4 Å². The maximum Gasteiger partial charge on any atom is 0.251 e. The predicted octanol–water partition coefficient (Wildman–Crippen LogP) is 3.52. The molecule has 3 rings (SSSR count). The van der Waals surface area contributed by atoms with E-state index in [4.69, 9.17) is 5.73 Å². The van der Waals surface area contributed by atoms with Crippen molar-refractivity contribution in [2.24, 2.45) is 0 Å². The minimum absolute atomic E-state index is 0.0491. The lowest BCUT2D eigenvalue weighted by Crippen LogP contribution is -2.25. The number of carbonyl (C=O) groups is 1.